The zero-order valence-corrected chi connectivity index (χ0v) is 24.6. The van der Waals surface area contributed by atoms with Gasteiger partial charge < -0.3 is 14.6 Å². The van der Waals surface area contributed by atoms with E-state index >= 15 is 0 Å². The van der Waals surface area contributed by atoms with E-state index < -0.39 is 17.2 Å². The van der Waals surface area contributed by atoms with Crippen LogP contribution in [0.3, 0.4) is 0 Å². The van der Waals surface area contributed by atoms with Crippen molar-refractivity contribution in [3.8, 4) is 0 Å². The molecule has 0 aromatic heterocycles. The van der Waals surface area contributed by atoms with Crippen molar-refractivity contribution in [1.29, 1.82) is 0 Å². The molecule has 4 heteroatoms. The second-order valence-electron chi connectivity index (χ2n) is 16.0. The third-order valence-corrected chi connectivity index (χ3v) is 14.4. The van der Waals surface area contributed by atoms with Crippen molar-refractivity contribution < 1.29 is 19.4 Å². The van der Waals surface area contributed by atoms with Crippen molar-refractivity contribution in [3.05, 3.63) is 12.2 Å². The molecule has 0 spiro atoms. The van der Waals surface area contributed by atoms with Crippen LogP contribution in [0.15, 0.2) is 12.2 Å². The molecular formula is C33H52O4. The van der Waals surface area contributed by atoms with Crippen LogP contribution in [0, 0.1) is 56.7 Å². The summed E-state index contributed by atoms with van der Waals surface area (Å²) in [7, 11) is 0. The van der Waals surface area contributed by atoms with Crippen LogP contribution in [0.1, 0.15) is 113 Å². The number of fused-ring (bicyclic) bond motifs is 9. The van der Waals surface area contributed by atoms with Crippen molar-refractivity contribution in [3.63, 3.8) is 0 Å². The molecule has 208 valence electrons. The van der Waals surface area contributed by atoms with Crippen molar-refractivity contribution in [2.75, 3.05) is 6.61 Å². The van der Waals surface area contributed by atoms with Gasteiger partial charge in [-0.15, -0.1) is 0 Å². The Morgan fingerprint density at radius 1 is 0.811 bits per heavy atom. The Bertz CT molecular complexity index is 1000. The molecule has 11 atom stereocenters. The van der Waals surface area contributed by atoms with E-state index in [9.17, 15) is 9.90 Å². The van der Waals surface area contributed by atoms with E-state index in [1.165, 1.54) is 37.7 Å². The van der Waals surface area contributed by atoms with Crippen LogP contribution in [-0.2, 0) is 14.3 Å². The molecule has 1 saturated heterocycles. The van der Waals surface area contributed by atoms with Crippen molar-refractivity contribution >= 4 is 5.97 Å². The SMILES string of the molecule is C=C(C)[C@@H]1CC[C@]2(C(=O)O)CC[C@]3(C)C(CCC4[C@@]5(C)CC[C@H]6OC(C)(C)OC[C@@]6(C)C5CC[C@]43C)C12. The number of ether oxygens (including phenoxy) is 2. The lowest BCUT2D eigenvalue weighted by molar-refractivity contribution is -0.354. The summed E-state index contributed by atoms with van der Waals surface area (Å²) < 4.78 is 12.9. The second kappa shape index (κ2) is 7.87. The third-order valence-electron chi connectivity index (χ3n) is 14.4. The minimum Gasteiger partial charge on any atom is -0.481 e. The zero-order chi connectivity index (χ0) is 26.8. The minimum absolute atomic E-state index is 0.0725. The van der Waals surface area contributed by atoms with E-state index in [0.29, 0.717) is 23.7 Å². The van der Waals surface area contributed by atoms with Gasteiger partial charge in [0.05, 0.1) is 18.1 Å². The van der Waals surface area contributed by atoms with E-state index in [0.717, 1.165) is 38.7 Å². The molecule has 6 rings (SSSR count). The van der Waals surface area contributed by atoms with Gasteiger partial charge in [0, 0.05) is 5.41 Å². The Labute approximate surface area is 225 Å². The van der Waals surface area contributed by atoms with Gasteiger partial charge in [0.15, 0.2) is 5.79 Å². The third kappa shape index (κ3) is 3.18. The Morgan fingerprint density at radius 2 is 1.54 bits per heavy atom. The maximum atomic E-state index is 12.9. The molecule has 0 bridgehead atoms. The largest absolute Gasteiger partial charge is 0.481 e. The van der Waals surface area contributed by atoms with Crippen LogP contribution in [0.2, 0.25) is 0 Å². The topological polar surface area (TPSA) is 55.8 Å². The van der Waals surface area contributed by atoms with Crippen molar-refractivity contribution in [2.45, 2.75) is 125 Å². The van der Waals surface area contributed by atoms with E-state index in [1.807, 2.05) is 0 Å². The Hall–Kier alpha value is -0.870. The maximum absolute atomic E-state index is 12.9. The van der Waals surface area contributed by atoms with Crippen LogP contribution in [0.4, 0.5) is 0 Å². The van der Waals surface area contributed by atoms with Gasteiger partial charge in [-0.2, -0.15) is 0 Å². The van der Waals surface area contributed by atoms with E-state index in [1.54, 1.807) is 0 Å². The highest BCUT2D eigenvalue weighted by atomic mass is 16.7. The molecule has 0 amide bonds. The number of carboxylic acid groups (broad SMARTS) is 1. The number of hydrogen-bond donors (Lipinski definition) is 1. The zero-order valence-electron chi connectivity index (χ0n) is 24.6. The molecule has 0 radical (unpaired) electrons. The average Bonchev–Trinajstić information content (AvgIpc) is 3.21. The molecule has 1 heterocycles. The molecule has 5 aliphatic carbocycles. The highest BCUT2D eigenvalue weighted by Gasteiger charge is 2.72. The fourth-order valence-electron chi connectivity index (χ4n) is 12.4. The fourth-order valence-corrected chi connectivity index (χ4v) is 12.4. The quantitative estimate of drug-likeness (QED) is 0.383. The van der Waals surface area contributed by atoms with Gasteiger partial charge in [0.25, 0.3) is 0 Å². The molecule has 1 aliphatic heterocycles. The number of carbonyl (C=O) groups is 1. The lowest BCUT2D eigenvalue weighted by Gasteiger charge is -2.73. The molecule has 6 aliphatic rings. The van der Waals surface area contributed by atoms with Crippen LogP contribution in [0.25, 0.3) is 0 Å². The molecule has 0 aromatic carbocycles. The summed E-state index contributed by atoms with van der Waals surface area (Å²) >= 11 is 0. The van der Waals surface area contributed by atoms with Gasteiger partial charge in [0.1, 0.15) is 0 Å². The first-order chi connectivity index (χ1) is 17.1. The summed E-state index contributed by atoms with van der Waals surface area (Å²) in [5, 5.41) is 10.6. The van der Waals surface area contributed by atoms with Crippen LogP contribution in [0.5, 0.6) is 0 Å². The van der Waals surface area contributed by atoms with Crippen LogP contribution < -0.4 is 0 Å². The molecule has 4 unspecified atom stereocenters. The Balaban J connectivity index is 1.37. The van der Waals surface area contributed by atoms with E-state index in [4.69, 9.17) is 9.47 Å². The normalized spacial score (nSPS) is 56.2. The minimum atomic E-state index is -0.535. The lowest BCUT2D eigenvalue weighted by atomic mass is 9.32. The molecule has 5 saturated carbocycles. The van der Waals surface area contributed by atoms with E-state index in [-0.39, 0.29) is 33.7 Å². The molecule has 0 aromatic rings. The fraction of sp³-hybridized carbons (Fsp3) is 0.909. The van der Waals surface area contributed by atoms with Crippen molar-refractivity contribution in [2.24, 2.45) is 56.7 Å². The van der Waals surface area contributed by atoms with Gasteiger partial charge in [-0.05, 0) is 131 Å². The standard InChI is InChI=1S/C33H52O4/c1-20(2)21-11-16-33(27(34)35)18-17-31(7)22(26(21)33)9-10-24-29(5)14-13-25-30(6,19-36-28(3,4)37-25)23(29)12-15-32(24,31)8/h21-26H,1,9-19H2,2-8H3,(H,34,35)/t21-,22?,23?,24?,25+,26?,29-,30-,31+,32+,33-/m0/s1. The van der Waals surface area contributed by atoms with E-state index in [2.05, 4.69) is 55.0 Å². The lowest BCUT2D eigenvalue weighted by Crippen LogP contribution is -2.69. The van der Waals surface area contributed by atoms with Crippen molar-refractivity contribution in [1.82, 2.24) is 0 Å². The summed E-state index contributed by atoms with van der Waals surface area (Å²) in [4.78, 5) is 12.9. The number of rotatable bonds is 2. The molecule has 37 heavy (non-hydrogen) atoms. The van der Waals surface area contributed by atoms with Crippen LogP contribution in [-0.4, -0.2) is 29.6 Å². The first-order valence-corrected chi connectivity index (χ1v) is 15.4. The first-order valence-electron chi connectivity index (χ1n) is 15.4. The summed E-state index contributed by atoms with van der Waals surface area (Å²) in [6, 6.07) is 0. The van der Waals surface area contributed by atoms with Gasteiger partial charge in [-0.25, -0.2) is 0 Å². The number of carboxylic acids is 1. The monoisotopic (exact) mass is 512 g/mol. The number of hydrogen-bond acceptors (Lipinski definition) is 3. The predicted octanol–water partition coefficient (Wildman–Crippen LogP) is 7.86. The predicted molar refractivity (Wildman–Crippen MR) is 146 cm³/mol. The molecular weight excluding hydrogens is 460 g/mol. The number of allylic oxidation sites excluding steroid dienone is 1. The van der Waals surface area contributed by atoms with Gasteiger partial charge in [-0.3, -0.25) is 4.79 Å². The highest BCUT2D eigenvalue weighted by molar-refractivity contribution is 5.76. The summed E-state index contributed by atoms with van der Waals surface area (Å²) in [6.07, 6.45) is 11.3. The first kappa shape index (κ1) is 26.4. The summed E-state index contributed by atoms with van der Waals surface area (Å²) in [6.45, 7) is 21.8. The molecule has 1 N–H and O–H groups in total. The summed E-state index contributed by atoms with van der Waals surface area (Å²) in [5.41, 5.74) is 1.46. The molecule has 4 nitrogen and oxygen atoms in total. The van der Waals surface area contributed by atoms with Gasteiger partial charge >= 0.3 is 5.97 Å². The Morgan fingerprint density at radius 3 is 2.22 bits per heavy atom. The Kier molecular flexibility index (Phi) is 5.60. The highest BCUT2D eigenvalue weighted by Crippen LogP contribution is 2.77. The smallest absolute Gasteiger partial charge is 0.309 e. The second-order valence-corrected chi connectivity index (χ2v) is 16.0. The number of aliphatic carboxylic acids is 1. The van der Waals surface area contributed by atoms with Gasteiger partial charge in [-0.1, -0.05) is 39.8 Å². The van der Waals surface area contributed by atoms with Crippen LogP contribution >= 0.6 is 0 Å². The average molecular weight is 513 g/mol. The summed E-state index contributed by atoms with van der Waals surface area (Å²) in [5.74, 6) is 1.38. The maximum Gasteiger partial charge on any atom is 0.309 e. The molecule has 6 fully saturated rings. The van der Waals surface area contributed by atoms with Gasteiger partial charge in [0.2, 0.25) is 0 Å².